The minimum absolute atomic E-state index is 0.0956. The van der Waals surface area contributed by atoms with E-state index in [-0.39, 0.29) is 5.54 Å². The van der Waals surface area contributed by atoms with Crippen molar-refractivity contribution in [3.05, 3.63) is 11.4 Å². The Bertz CT molecular complexity index is 593. The number of rotatable bonds is 7. The molecular weight excluding hydrogens is 318 g/mol. The van der Waals surface area contributed by atoms with Crippen LogP contribution in [0.2, 0.25) is 0 Å². The molecule has 148 valence electrons. The van der Waals surface area contributed by atoms with Crippen molar-refractivity contribution in [3.63, 3.8) is 0 Å². The maximum Gasteiger partial charge on any atom is 0.0859 e. The monoisotopic (exact) mass is 359 g/mol. The molecule has 3 nitrogen and oxygen atoms in total. The van der Waals surface area contributed by atoms with Crippen LogP contribution in [0, 0.1) is 23.2 Å². The zero-order chi connectivity index (χ0) is 18.9. The Kier molecular flexibility index (Phi) is 5.84. The summed E-state index contributed by atoms with van der Waals surface area (Å²) < 4.78 is 2.30. The first kappa shape index (κ1) is 19.9. The second kappa shape index (κ2) is 7.64. The standard InChI is InChI=1S/C23H41N3/c1-7-8-9-10-11-16-23(5,6)26-20-15-13-18-17(21(18)22(2,3)4)12-14-19(20)24-25-26/h17-18,21H,7-16H2,1-6H3/t17-,18+,21?/m1/s1. The van der Waals surface area contributed by atoms with Gasteiger partial charge in [-0.2, -0.15) is 0 Å². The summed E-state index contributed by atoms with van der Waals surface area (Å²) in [5.74, 6) is 2.78. The Balaban J connectivity index is 1.64. The Hall–Kier alpha value is -0.860. The summed E-state index contributed by atoms with van der Waals surface area (Å²) >= 11 is 0. The Morgan fingerprint density at radius 3 is 2.23 bits per heavy atom. The normalized spacial score (nSPS) is 26.0. The largest absolute Gasteiger partial charge is 0.244 e. The lowest BCUT2D eigenvalue weighted by Gasteiger charge is -2.27. The molecule has 3 rings (SSSR count). The smallest absolute Gasteiger partial charge is 0.0859 e. The van der Waals surface area contributed by atoms with Crippen molar-refractivity contribution in [2.75, 3.05) is 0 Å². The highest BCUT2D eigenvalue weighted by atomic mass is 15.5. The van der Waals surface area contributed by atoms with Gasteiger partial charge < -0.3 is 0 Å². The molecule has 0 aliphatic heterocycles. The SMILES string of the molecule is CCCCCCCC(C)(C)n1nnc2c1CC[C@@H]1C(C(C)(C)C)[C@@H]1CC2. The quantitative estimate of drug-likeness (QED) is 0.546. The molecule has 1 heterocycles. The van der Waals surface area contributed by atoms with Crippen LogP contribution in [0.5, 0.6) is 0 Å². The molecule has 0 amide bonds. The third kappa shape index (κ3) is 4.17. The van der Waals surface area contributed by atoms with Crippen LogP contribution >= 0.6 is 0 Å². The van der Waals surface area contributed by atoms with Crippen molar-refractivity contribution in [1.82, 2.24) is 15.0 Å². The lowest BCUT2D eigenvalue weighted by molar-refractivity contribution is 0.268. The van der Waals surface area contributed by atoms with Gasteiger partial charge >= 0.3 is 0 Å². The first-order valence-electron chi connectivity index (χ1n) is 11.2. The molecule has 0 saturated heterocycles. The average Bonchev–Trinajstić information content (AvgIpc) is 3.08. The zero-order valence-electron chi connectivity index (χ0n) is 18.1. The second-order valence-electron chi connectivity index (χ2n) is 10.7. The van der Waals surface area contributed by atoms with E-state index < -0.39 is 0 Å². The molecule has 2 aliphatic rings. The number of hydrogen-bond acceptors (Lipinski definition) is 2. The van der Waals surface area contributed by atoms with Crippen LogP contribution in [0.15, 0.2) is 0 Å². The third-order valence-electron chi connectivity index (χ3n) is 7.07. The van der Waals surface area contributed by atoms with Crippen LogP contribution in [-0.2, 0) is 18.4 Å². The number of aromatic nitrogens is 3. The summed E-state index contributed by atoms with van der Waals surface area (Å²) in [7, 11) is 0. The van der Waals surface area contributed by atoms with E-state index in [1.807, 2.05) is 0 Å². The Labute approximate surface area is 161 Å². The van der Waals surface area contributed by atoms with E-state index in [2.05, 4.69) is 56.5 Å². The molecule has 3 heteroatoms. The van der Waals surface area contributed by atoms with Gasteiger partial charge in [0.15, 0.2) is 0 Å². The Morgan fingerprint density at radius 1 is 0.923 bits per heavy atom. The lowest BCUT2D eigenvalue weighted by atomic mass is 9.87. The first-order valence-corrected chi connectivity index (χ1v) is 11.2. The van der Waals surface area contributed by atoms with Gasteiger partial charge in [0.05, 0.1) is 16.9 Å². The summed E-state index contributed by atoms with van der Waals surface area (Å²) in [6.45, 7) is 14.3. The molecule has 1 unspecified atom stereocenters. The van der Waals surface area contributed by atoms with Gasteiger partial charge in [0.1, 0.15) is 0 Å². The van der Waals surface area contributed by atoms with Crippen molar-refractivity contribution < 1.29 is 0 Å². The number of aryl methyl sites for hydroxylation is 1. The van der Waals surface area contributed by atoms with Gasteiger partial charge in [-0.3, -0.25) is 0 Å². The van der Waals surface area contributed by atoms with Crippen molar-refractivity contribution in [2.45, 2.75) is 111 Å². The fourth-order valence-corrected chi connectivity index (χ4v) is 5.65. The van der Waals surface area contributed by atoms with Crippen LogP contribution in [0.3, 0.4) is 0 Å². The summed E-state index contributed by atoms with van der Waals surface area (Å²) in [6.07, 6.45) is 12.9. The number of fused-ring (bicyclic) bond motifs is 2. The topological polar surface area (TPSA) is 30.7 Å². The molecule has 1 aromatic rings. The van der Waals surface area contributed by atoms with Crippen molar-refractivity contribution in [1.29, 1.82) is 0 Å². The fourth-order valence-electron chi connectivity index (χ4n) is 5.65. The van der Waals surface area contributed by atoms with Gasteiger partial charge in [-0.1, -0.05) is 65.0 Å². The molecule has 0 bridgehead atoms. The van der Waals surface area contributed by atoms with Crippen LogP contribution in [-0.4, -0.2) is 15.0 Å². The number of unbranched alkanes of at least 4 members (excludes halogenated alkanes) is 4. The van der Waals surface area contributed by atoms with Gasteiger partial charge in [-0.25, -0.2) is 4.68 Å². The highest BCUT2D eigenvalue weighted by Gasteiger charge is 2.54. The molecule has 0 N–H and O–H groups in total. The minimum Gasteiger partial charge on any atom is -0.244 e. The first-order chi connectivity index (χ1) is 12.3. The predicted octanol–water partition coefficient (Wildman–Crippen LogP) is 6.16. The highest BCUT2D eigenvalue weighted by molar-refractivity contribution is 5.17. The third-order valence-corrected chi connectivity index (χ3v) is 7.07. The molecule has 1 aromatic heterocycles. The summed E-state index contributed by atoms with van der Waals surface area (Å²) in [5.41, 5.74) is 3.30. The van der Waals surface area contributed by atoms with E-state index >= 15 is 0 Å². The minimum atomic E-state index is 0.0956. The van der Waals surface area contributed by atoms with E-state index in [4.69, 9.17) is 0 Å². The molecular formula is C23H41N3. The molecule has 26 heavy (non-hydrogen) atoms. The van der Waals surface area contributed by atoms with E-state index in [1.54, 1.807) is 0 Å². The van der Waals surface area contributed by atoms with Crippen molar-refractivity contribution in [2.24, 2.45) is 23.2 Å². The van der Waals surface area contributed by atoms with Gasteiger partial charge in [-0.05, 0) is 69.1 Å². The van der Waals surface area contributed by atoms with Gasteiger partial charge in [0.2, 0.25) is 0 Å². The molecule has 0 spiro atoms. The lowest BCUT2D eigenvalue weighted by Crippen LogP contribution is -2.29. The molecule has 3 atom stereocenters. The van der Waals surface area contributed by atoms with Gasteiger partial charge in [0.25, 0.3) is 0 Å². The maximum atomic E-state index is 4.64. The van der Waals surface area contributed by atoms with E-state index in [1.165, 1.54) is 69.2 Å². The summed E-state index contributed by atoms with van der Waals surface area (Å²) in [6, 6.07) is 0. The summed E-state index contributed by atoms with van der Waals surface area (Å²) in [5, 5.41) is 9.28. The van der Waals surface area contributed by atoms with Crippen LogP contribution in [0.1, 0.15) is 104 Å². The second-order valence-corrected chi connectivity index (χ2v) is 10.7. The molecule has 0 radical (unpaired) electrons. The van der Waals surface area contributed by atoms with E-state index in [0.29, 0.717) is 5.41 Å². The predicted molar refractivity (Wildman–Crippen MR) is 109 cm³/mol. The van der Waals surface area contributed by atoms with Gasteiger partial charge in [-0.15, -0.1) is 5.10 Å². The number of hydrogen-bond donors (Lipinski definition) is 0. The average molecular weight is 360 g/mol. The van der Waals surface area contributed by atoms with E-state index in [9.17, 15) is 0 Å². The summed E-state index contributed by atoms with van der Waals surface area (Å²) in [4.78, 5) is 0. The van der Waals surface area contributed by atoms with Crippen LogP contribution in [0.4, 0.5) is 0 Å². The molecule has 2 aliphatic carbocycles. The van der Waals surface area contributed by atoms with Crippen LogP contribution < -0.4 is 0 Å². The molecule has 1 saturated carbocycles. The highest BCUT2D eigenvalue weighted by Crippen LogP contribution is 2.60. The molecule has 1 fully saturated rings. The van der Waals surface area contributed by atoms with Gasteiger partial charge in [0, 0.05) is 0 Å². The van der Waals surface area contributed by atoms with Crippen molar-refractivity contribution >= 4 is 0 Å². The maximum absolute atomic E-state index is 4.64. The number of nitrogens with zero attached hydrogens (tertiary/aromatic N) is 3. The van der Waals surface area contributed by atoms with E-state index in [0.717, 1.165) is 24.2 Å². The molecule has 0 aromatic carbocycles. The van der Waals surface area contributed by atoms with Crippen LogP contribution in [0.25, 0.3) is 0 Å². The Morgan fingerprint density at radius 2 is 1.58 bits per heavy atom. The fraction of sp³-hybridized carbons (Fsp3) is 0.913. The zero-order valence-corrected chi connectivity index (χ0v) is 18.1. The van der Waals surface area contributed by atoms with Crippen molar-refractivity contribution in [3.8, 4) is 0 Å².